The van der Waals surface area contributed by atoms with Gasteiger partial charge in [0.1, 0.15) is 0 Å². The molecule has 0 radical (unpaired) electrons. The second-order valence-electron chi connectivity index (χ2n) is 5.82. The van der Waals surface area contributed by atoms with Crippen LogP contribution in [0.2, 0.25) is 0 Å². The highest BCUT2D eigenvalue weighted by atomic mass is 16.7. The molecule has 0 unspecified atom stereocenters. The third kappa shape index (κ3) is 6.91. The lowest BCUT2D eigenvalue weighted by Gasteiger charge is -2.21. The minimum absolute atomic E-state index is 0.134. The normalized spacial score (nSPS) is 12.1. The fraction of sp³-hybridized carbons (Fsp3) is 0.818. The smallest absolute Gasteiger partial charge is 0.331 e. The first-order chi connectivity index (χ1) is 7.58. The highest BCUT2D eigenvalue weighted by Gasteiger charge is 2.29. The molecule has 0 saturated heterocycles. The van der Waals surface area contributed by atoms with Crippen LogP contribution < -0.4 is 11.4 Å². The fourth-order valence-electron chi connectivity index (χ4n) is 0.998. The molecule has 0 saturated carbocycles. The maximum atomic E-state index is 11.4. The minimum Gasteiger partial charge on any atom is -0.373 e. The predicted molar refractivity (Wildman–Crippen MR) is 62.2 cm³/mol. The molecule has 0 aliphatic heterocycles. The number of hydrogen-bond donors (Lipinski definition) is 2. The first kappa shape index (κ1) is 15.9. The molecule has 3 N–H and O–H groups in total. The Bertz CT molecular complexity index is 282. The van der Waals surface area contributed by atoms with Gasteiger partial charge in [0.05, 0.1) is 11.8 Å². The van der Waals surface area contributed by atoms with Crippen molar-refractivity contribution in [3.8, 4) is 0 Å². The van der Waals surface area contributed by atoms with Gasteiger partial charge >= 0.3 is 11.9 Å². The van der Waals surface area contributed by atoms with Gasteiger partial charge in [-0.2, -0.15) is 11.4 Å². The number of nitrogens with one attached hydrogen (secondary N) is 1. The Morgan fingerprint density at radius 3 is 2.12 bits per heavy atom. The molecule has 0 aromatic rings. The SMILES string of the molecule is CC(C)(C)CC(=O)ONCC(C)(C)C(=O)ON. The molecular weight excluding hydrogens is 224 g/mol. The summed E-state index contributed by atoms with van der Waals surface area (Å²) in [7, 11) is 0. The molecule has 0 aliphatic carbocycles. The molecule has 0 atom stereocenters. The molecule has 100 valence electrons. The monoisotopic (exact) mass is 246 g/mol. The summed E-state index contributed by atoms with van der Waals surface area (Å²) in [6.07, 6.45) is 0.293. The largest absolute Gasteiger partial charge is 0.373 e. The molecule has 6 nitrogen and oxygen atoms in total. The topological polar surface area (TPSA) is 90.6 Å². The lowest BCUT2D eigenvalue weighted by Crippen LogP contribution is -2.39. The van der Waals surface area contributed by atoms with Gasteiger partial charge in [0.2, 0.25) is 0 Å². The van der Waals surface area contributed by atoms with Gasteiger partial charge in [-0.15, -0.1) is 0 Å². The second-order valence-corrected chi connectivity index (χ2v) is 5.82. The molecule has 6 heteroatoms. The van der Waals surface area contributed by atoms with Crippen molar-refractivity contribution in [1.82, 2.24) is 5.48 Å². The van der Waals surface area contributed by atoms with Crippen LogP contribution in [0.4, 0.5) is 0 Å². The van der Waals surface area contributed by atoms with Gasteiger partial charge in [-0.25, -0.2) is 4.79 Å². The third-order valence-corrected chi connectivity index (χ3v) is 2.03. The van der Waals surface area contributed by atoms with Crippen molar-refractivity contribution >= 4 is 11.9 Å². The van der Waals surface area contributed by atoms with E-state index in [0.717, 1.165) is 0 Å². The Morgan fingerprint density at radius 1 is 1.18 bits per heavy atom. The molecule has 0 aromatic heterocycles. The van der Waals surface area contributed by atoms with Crippen molar-refractivity contribution in [3.05, 3.63) is 0 Å². The number of carbonyl (C=O) groups is 2. The molecule has 0 heterocycles. The van der Waals surface area contributed by atoms with E-state index >= 15 is 0 Å². The summed E-state index contributed by atoms with van der Waals surface area (Å²) in [6.45, 7) is 9.20. The van der Waals surface area contributed by atoms with Gasteiger partial charge in [0, 0.05) is 6.54 Å². The molecule has 0 spiro atoms. The molecule has 0 amide bonds. The predicted octanol–water partition coefficient (Wildman–Crippen LogP) is 0.914. The Labute approximate surface area is 102 Å². The van der Waals surface area contributed by atoms with E-state index in [-0.39, 0.29) is 17.9 Å². The standard InChI is InChI=1S/C11H22N2O4/c1-10(2,3)6-8(14)17-13-7-11(4,5)9(15)16-12/h13H,6-7,12H2,1-5H3. The second kappa shape index (κ2) is 5.97. The first-order valence-electron chi connectivity index (χ1n) is 5.42. The van der Waals surface area contributed by atoms with Gasteiger partial charge in [0.25, 0.3) is 0 Å². The summed E-state index contributed by atoms with van der Waals surface area (Å²) in [5.74, 6) is 3.85. The molecule has 0 aromatic carbocycles. The number of hydroxylamine groups is 1. The Balaban J connectivity index is 4.00. The van der Waals surface area contributed by atoms with Gasteiger partial charge in [0.15, 0.2) is 0 Å². The maximum absolute atomic E-state index is 11.4. The van der Waals surface area contributed by atoms with Gasteiger partial charge in [-0.05, 0) is 19.3 Å². The van der Waals surface area contributed by atoms with Crippen molar-refractivity contribution in [1.29, 1.82) is 0 Å². The Kier molecular flexibility index (Phi) is 5.57. The van der Waals surface area contributed by atoms with Crippen LogP contribution in [0.3, 0.4) is 0 Å². The molecule has 17 heavy (non-hydrogen) atoms. The minimum atomic E-state index is -0.850. The lowest BCUT2D eigenvalue weighted by molar-refractivity contribution is -0.161. The number of hydrogen-bond acceptors (Lipinski definition) is 6. The van der Waals surface area contributed by atoms with E-state index in [1.807, 2.05) is 20.8 Å². The van der Waals surface area contributed by atoms with Crippen LogP contribution in [0.25, 0.3) is 0 Å². The van der Waals surface area contributed by atoms with Crippen LogP contribution in [-0.2, 0) is 19.3 Å². The molecule has 0 aliphatic rings. The molecule has 0 fully saturated rings. The average molecular weight is 246 g/mol. The number of nitrogens with two attached hydrogens (primary N) is 1. The zero-order valence-electron chi connectivity index (χ0n) is 11.1. The highest BCUT2D eigenvalue weighted by Crippen LogP contribution is 2.19. The van der Waals surface area contributed by atoms with Crippen molar-refractivity contribution in [3.63, 3.8) is 0 Å². The van der Waals surface area contributed by atoms with E-state index in [1.165, 1.54) is 0 Å². The zero-order valence-corrected chi connectivity index (χ0v) is 11.1. The summed E-state index contributed by atoms with van der Waals surface area (Å²) < 4.78 is 0. The number of rotatable bonds is 5. The quantitative estimate of drug-likeness (QED) is 0.701. The lowest BCUT2D eigenvalue weighted by atomic mass is 9.93. The van der Waals surface area contributed by atoms with Crippen LogP contribution >= 0.6 is 0 Å². The van der Waals surface area contributed by atoms with E-state index in [2.05, 4.69) is 10.3 Å². The van der Waals surface area contributed by atoms with Crippen LogP contribution in [0.5, 0.6) is 0 Å². The average Bonchev–Trinajstić information content (AvgIpc) is 2.13. The van der Waals surface area contributed by atoms with Crippen molar-refractivity contribution in [2.45, 2.75) is 41.0 Å². The van der Waals surface area contributed by atoms with Crippen molar-refractivity contribution in [2.75, 3.05) is 6.54 Å². The zero-order chi connectivity index (χ0) is 13.7. The molecule has 0 bridgehead atoms. The van der Waals surface area contributed by atoms with E-state index in [4.69, 9.17) is 10.7 Å². The number of carbonyl (C=O) groups excluding carboxylic acids is 2. The van der Waals surface area contributed by atoms with Gasteiger partial charge in [-0.1, -0.05) is 20.8 Å². The van der Waals surface area contributed by atoms with Crippen LogP contribution in [-0.4, -0.2) is 18.5 Å². The van der Waals surface area contributed by atoms with Gasteiger partial charge < -0.3 is 9.68 Å². The summed E-state index contributed by atoms with van der Waals surface area (Å²) in [5.41, 5.74) is 1.47. The Morgan fingerprint density at radius 2 is 1.71 bits per heavy atom. The molecular formula is C11H22N2O4. The van der Waals surface area contributed by atoms with Crippen LogP contribution in [0, 0.1) is 10.8 Å². The fourth-order valence-corrected chi connectivity index (χ4v) is 0.998. The van der Waals surface area contributed by atoms with Crippen molar-refractivity contribution < 1.29 is 19.3 Å². The van der Waals surface area contributed by atoms with E-state index in [9.17, 15) is 9.59 Å². The van der Waals surface area contributed by atoms with E-state index in [1.54, 1.807) is 13.8 Å². The summed E-state index contributed by atoms with van der Waals surface area (Å²) in [5, 5.41) is 0. The van der Waals surface area contributed by atoms with Crippen molar-refractivity contribution in [2.24, 2.45) is 16.7 Å². The Hall–Kier alpha value is -1.14. The van der Waals surface area contributed by atoms with Crippen LogP contribution in [0.1, 0.15) is 41.0 Å². The van der Waals surface area contributed by atoms with Crippen LogP contribution in [0.15, 0.2) is 0 Å². The third-order valence-electron chi connectivity index (χ3n) is 2.03. The highest BCUT2D eigenvalue weighted by molar-refractivity contribution is 5.75. The summed E-state index contributed by atoms with van der Waals surface area (Å²) >= 11 is 0. The maximum Gasteiger partial charge on any atom is 0.331 e. The summed E-state index contributed by atoms with van der Waals surface area (Å²) in [4.78, 5) is 31.5. The van der Waals surface area contributed by atoms with Gasteiger partial charge in [-0.3, -0.25) is 4.79 Å². The molecule has 0 rings (SSSR count). The van der Waals surface area contributed by atoms with E-state index in [0.29, 0.717) is 6.42 Å². The first-order valence-corrected chi connectivity index (χ1v) is 5.42. The summed E-state index contributed by atoms with van der Waals surface area (Å²) in [6, 6.07) is 0. The van der Waals surface area contributed by atoms with E-state index < -0.39 is 11.4 Å².